The average Bonchev–Trinajstić information content (AvgIpc) is 3.36. The second-order valence-electron chi connectivity index (χ2n) is 10.5. The number of pyridine rings is 1. The van der Waals surface area contributed by atoms with Crippen LogP contribution in [0.15, 0.2) is 53.5 Å². The molecule has 1 aliphatic carbocycles. The average molecular weight is 536 g/mol. The molecule has 1 aromatic carbocycles. The van der Waals surface area contributed by atoms with Crippen molar-refractivity contribution in [2.24, 2.45) is 11.8 Å². The molecular formula is C29H37N5O5. The quantitative estimate of drug-likeness (QED) is 0.322. The van der Waals surface area contributed by atoms with E-state index in [-0.39, 0.29) is 30.5 Å². The number of nitrogen functional groups attached to an aromatic ring is 1. The van der Waals surface area contributed by atoms with E-state index >= 15 is 0 Å². The molecule has 2 heterocycles. The monoisotopic (exact) mass is 535 g/mol. The molecule has 0 bridgehead atoms. The molecule has 5 N–H and O–H groups in total. The Labute approximate surface area is 227 Å². The van der Waals surface area contributed by atoms with Gasteiger partial charge in [-0.2, -0.15) is 0 Å². The molecule has 3 atom stereocenters. The molecule has 1 aliphatic heterocycles. The Bertz CT molecular complexity index is 1240. The smallest absolute Gasteiger partial charge is 0.289 e. The maximum absolute atomic E-state index is 13.8. The summed E-state index contributed by atoms with van der Waals surface area (Å²) in [5.41, 5.74) is 6.24. The Hall–Kier alpha value is -3.95. The van der Waals surface area contributed by atoms with E-state index in [0.717, 1.165) is 37.7 Å². The molecule has 1 aromatic heterocycles. The van der Waals surface area contributed by atoms with E-state index in [4.69, 9.17) is 5.73 Å². The van der Waals surface area contributed by atoms with E-state index < -0.39 is 41.2 Å². The van der Waals surface area contributed by atoms with Gasteiger partial charge in [-0.15, -0.1) is 0 Å². The van der Waals surface area contributed by atoms with Crippen LogP contribution in [0.1, 0.15) is 63.0 Å². The van der Waals surface area contributed by atoms with Crippen LogP contribution in [-0.2, 0) is 25.7 Å². The number of rotatable bonds is 11. The molecule has 1 saturated carbocycles. The molecule has 0 unspecified atom stereocenters. The topological polar surface area (TPSA) is 152 Å². The normalized spacial score (nSPS) is 19.1. The van der Waals surface area contributed by atoms with E-state index in [9.17, 15) is 24.0 Å². The summed E-state index contributed by atoms with van der Waals surface area (Å²) in [4.78, 5) is 65.1. The Morgan fingerprint density at radius 3 is 2.41 bits per heavy atom. The van der Waals surface area contributed by atoms with Gasteiger partial charge in [-0.3, -0.25) is 24.0 Å². The van der Waals surface area contributed by atoms with Crippen LogP contribution in [0.5, 0.6) is 0 Å². The van der Waals surface area contributed by atoms with Crippen LogP contribution in [0.3, 0.4) is 0 Å². The predicted octanol–water partition coefficient (Wildman–Crippen LogP) is 1.84. The Balaban J connectivity index is 1.55. The second-order valence-corrected chi connectivity index (χ2v) is 10.5. The molecule has 208 valence electrons. The Morgan fingerprint density at radius 2 is 1.72 bits per heavy atom. The van der Waals surface area contributed by atoms with E-state index in [1.165, 1.54) is 16.8 Å². The number of hydrogen-bond donors (Lipinski definition) is 4. The third kappa shape index (κ3) is 7.34. The minimum absolute atomic E-state index is 0.00284. The van der Waals surface area contributed by atoms with Gasteiger partial charge in [0.2, 0.25) is 17.6 Å². The fourth-order valence-electron chi connectivity index (χ4n) is 5.54. The van der Waals surface area contributed by atoms with Crippen molar-refractivity contribution in [3.8, 4) is 0 Å². The number of nitrogens with two attached hydrogens (primary N) is 1. The number of anilines is 1. The molecule has 10 nitrogen and oxygen atoms in total. The molecule has 0 spiro atoms. The summed E-state index contributed by atoms with van der Waals surface area (Å²) in [5, 5.41) is 8.10. The van der Waals surface area contributed by atoms with Gasteiger partial charge in [-0.05, 0) is 42.9 Å². The van der Waals surface area contributed by atoms with Crippen molar-refractivity contribution >= 4 is 29.2 Å². The van der Waals surface area contributed by atoms with Gasteiger partial charge < -0.3 is 26.3 Å². The highest BCUT2D eigenvalue weighted by atomic mass is 16.2. The third-order valence-corrected chi connectivity index (χ3v) is 7.76. The number of carbonyl (C=O) groups is 4. The van der Waals surface area contributed by atoms with Gasteiger partial charge in [0.15, 0.2) is 0 Å². The number of benzene rings is 1. The number of carbonyl (C=O) groups excluding carboxylic acids is 4. The first-order valence-corrected chi connectivity index (χ1v) is 13.7. The van der Waals surface area contributed by atoms with Crippen molar-refractivity contribution in [2.75, 3.05) is 12.3 Å². The van der Waals surface area contributed by atoms with Crippen LogP contribution in [0.4, 0.5) is 5.69 Å². The molecular weight excluding hydrogens is 498 g/mol. The number of ketones is 1. The molecule has 10 heteroatoms. The number of Topliss-reactive ketones (excluding diaryl/α,β-unsaturated/α-hetero) is 1. The van der Waals surface area contributed by atoms with Crippen LogP contribution in [0.2, 0.25) is 0 Å². The zero-order chi connectivity index (χ0) is 27.8. The number of nitrogens with zero attached hydrogens (tertiary/aromatic N) is 1. The molecule has 4 rings (SSSR count). The second kappa shape index (κ2) is 13.2. The molecule has 2 aromatic rings. The minimum Gasteiger partial charge on any atom is -0.394 e. The van der Waals surface area contributed by atoms with Gasteiger partial charge in [-0.25, -0.2) is 0 Å². The van der Waals surface area contributed by atoms with Crippen LogP contribution in [-0.4, -0.2) is 40.7 Å². The van der Waals surface area contributed by atoms with Crippen molar-refractivity contribution in [3.05, 3.63) is 64.6 Å². The Morgan fingerprint density at radius 1 is 0.974 bits per heavy atom. The van der Waals surface area contributed by atoms with Crippen LogP contribution >= 0.6 is 0 Å². The van der Waals surface area contributed by atoms with Gasteiger partial charge in [0.25, 0.3) is 11.5 Å². The van der Waals surface area contributed by atoms with E-state index in [0.29, 0.717) is 19.4 Å². The van der Waals surface area contributed by atoms with E-state index in [1.807, 2.05) is 30.3 Å². The summed E-state index contributed by atoms with van der Waals surface area (Å²) in [5.74, 6) is -2.68. The zero-order valence-corrected chi connectivity index (χ0v) is 22.1. The molecule has 3 amide bonds. The van der Waals surface area contributed by atoms with E-state index in [1.54, 1.807) is 6.07 Å². The summed E-state index contributed by atoms with van der Waals surface area (Å²) < 4.78 is 1.32. The van der Waals surface area contributed by atoms with Gasteiger partial charge in [-0.1, -0.05) is 62.4 Å². The maximum atomic E-state index is 13.8. The minimum atomic E-state index is -1.22. The summed E-state index contributed by atoms with van der Waals surface area (Å²) in [6.45, 7) is 0.626. The largest absolute Gasteiger partial charge is 0.394 e. The summed E-state index contributed by atoms with van der Waals surface area (Å²) in [7, 11) is 0. The van der Waals surface area contributed by atoms with Gasteiger partial charge in [0.05, 0.1) is 11.7 Å². The highest BCUT2D eigenvalue weighted by molar-refractivity contribution is 6.38. The van der Waals surface area contributed by atoms with Crippen LogP contribution < -0.4 is 27.2 Å². The molecule has 2 fully saturated rings. The van der Waals surface area contributed by atoms with Crippen molar-refractivity contribution in [3.63, 3.8) is 0 Å². The number of amides is 3. The molecule has 2 aliphatic rings. The molecule has 39 heavy (non-hydrogen) atoms. The fourth-order valence-corrected chi connectivity index (χ4v) is 5.54. The van der Waals surface area contributed by atoms with Crippen molar-refractivity contribution in [1.82, 2.24) is 20.5 Å². The van der Waals surface area contributed by atoms with Crippen molar-refractivity contribution in [1.29, 1.82) is 0 Å². The lowest BCUT2D eigenvalue weighted by atomic mass is 9.84. The number of aromatic nitrogens is 1. The standard InChI is InChI=1S/C29H37N5O5/c30-22-12-7-15-34(29(22)39)24(16-19-8-3-1-4-9-19)27(37)33-23(17-21-13-14-31-26(21)36)25(35)28(38)32-18-20-10-5-2-6-11-20/h2,5-7,10-12,15,19,21,23-24H,1,3-4,8-9,13-14,16-18,30H2,(H,31,36)(H,32,38)(H,33,37)/t21-,23-,24-/m0/s1. The lowest BCUT2D eigenvalue weighted by molar-refractivity contribution is -0.141. The van der Waals surface area contributed by atoms with Crippen molar-refractivity contribution < 1.29 is 19.2 Å². The van der Waals surface area contributed by atoms with E-state index in [2.05, 4.69) is 16.0 Å². The fraction of sp³-hybridized carbons (Fsp3) is 0.483. The highest BCUT2D eigenvalue weighted by Gasteiger charge is 2.36. The predicted molar refractivity (Wildman–Crippen MR) is 146 cm³/mol. The SMILES string of the molecule is Nc1cccn([C@@H](CC2CCCCC2)C(=O)N[C@@H](C[C@@H]2CCNC2=O)C(=O)C(=O)NCc2ccccc2)c1=O. The summed E-state index contributed by atoms with van der Waals surface area (Å²) >= 11 is 0. The Kier molecular flexibility index (Phi) is 9.51. The highest BCUT2D eigenvalue weighted by Crippen LogP contribution is 2.31. The zero-order valence-electron chi connectivity index (χ0n) is 22.1. The molecule has 0 radical (unpaired) electrons. The summed E-state index contributed by atoms with van der Waals surface area (Å²) in [6.07, 6.45) is 7.61. The van der Waals surface area contributed by atoms with Crippen LogP contribution in [0.25, 0.3) is 0 Å². The molecule has 1 saturated heterocycles. The van der Waals surface area contributed by atoms with Crippen LogP contribution in [0, 0.1) is 11.8 Å². The number of hydrogen-bond acceptors (Lipinski definition) is 6. The number of nitrogens with one attached hydrogen (secondary N) is 3. The van der Waals surface area contributed by atoms with Crippen molar-refractivity contribution in [2.45, 2.75) is 70.0 Å². The van der Waals surface area contributed by atoms with Gasteiger partial charge >= 0.3 is 0 Å². The van der Waals surface area contributed by atoms with Gasteiger partial charge in [0.1, 0.15) is 6.04 Å². The first-order valence-electron chi connectivity index (χ1n) is 13.7. The lowest BCUT2D eigenvalue weighted by Gasteiger charge is -2.29. The summed E-state index contributed by atoms with van der Waals surface area (Å²) in [6, 6.07) is 10.1. The lowest BCUT2D eigenvalue weighted by Crippen LogP contribution is -2.51. The maximum Gasteiger partial charge on any atom is 0.289 e. The first kappa shape index (κ1) is 28.1. The first-order chi connectivity index (χ1) is 18.8. The third-order valence-electron chi connectivity index (χ3n) is 7.76. The van der Waals surface area contributed by atoms with Gasteiger partial charge in [0, 0.05) is 25.2 Å².